The van der Waals surface area contributed by atoms with E-state index in [0.29, 0.717) is 15.8 Å². The molecule has 0 bridgehead atoms. The van der Waals surface area contributed by atoms with Gasteiger partial charge >= 0.3 is 0 Å². The van der Waals surface area contributed by atoms with Crippen LogP contribution in [0.5, 0.6) is 0 Å². The van der Waals surface area contributed by atoms with E-state index in [0.717, 1.165) is 21.3 Å². The number of para-hydroxylation sites is 1. The minimum absolute atomic E-state index is 0.306. The highest BCUT2D eigenvalue weighted by Crippen LogP contribution is 2.33. The van der Waals surface area contributed by atoms with E-state index < -0.39 is 10.0 Å². The fourth-order valence-corrected chi connectivity index (χ4v) is 5.31. The van der Waals surface area contributed by atoms with Gasteiger partial charge in [0.25, 0.3) is 10.0 Å². The average Bonchev–Trinajstić information content (AvgIpc) is 2.79. The van der Waals surface area contributed by atoms with E-state index in [2.05, 4.69) is 34.5 Å². The lowest BCUT2D eigenvalue weighted by Crippen LogP contribution is -2.13. The van der Waals surface area contributed by atoms with Gasteiger partial charge in [-0.2, -0.15) is 0 Å². The zero-order valence-corrected chi connectivity index (χ0v) is 15.4. The zero-order chi connectivity index (χ0) is 15.6. The van der Waals surface area contributed by atoms with Gasteiger partial charge in [-0.15, -0.1) is 11.3 Å². The predicted octanol–water partition coefficient (Wildman–Crippen LogP) is 5.13. The van der Waals surface area contributed by atoms with Gasteiger partial charge in [0.2, 0.25) is 0 Å². The molecule has 0 aliphatic rings. The van der Waals surface area contributed by atoms with Crippen LogP contribution in [0.15, 0.2) is 38.3 Å². The molecule has 0 radical (unpaired) electrons. The number of benzene rings is 1. The normalized spacial score (nSPS) is 13.1. The maximum absolute atomic E-state index is 12.5. The molecule has 0 spiro atoms. The fourth-order valence-electron chi connectivity index (χ4n) is 2.00. The molecule has 2 rings (SSSR count). The van der Waals surface area contributed by atoms with Crippen LogP contribution < -0.4 is 4.72 Å². The summed E-state index contributed by atoms with van der Waals surface area (Å²) in [6.45, 7) is 6.07. The summed E-state index contributed by atoms with van der Waals surface area (Å²) in [5, 5.41) is 0. The highest BCUT2D eigenvalue weighted by molar-refractivity contribution is 9.11. The third-order valence-corrected chi connectivity index (χ3v) is 7.42. The Balaban J connectivity index is 2.37. The summed E-state index contributed by atoms with van der Waals surface area (Å²) >= 11 is 4.60. The number of hydrogen-bond acceptors (Lipinski definition) is 3. The number of hydrogen-bond donors (Lipinski definition) is 1. The molecule has 2 aromatic rings. The minimum atomic E-state index is -3.54. The molecule has 0 amide bonds. The Morgan fingerprint density at radius 3 is 2.57 bits per heavy atom. The van der Waals surface area contributed by atoms with Crippen molar-refractivity contribution in [2.24, 2.45) is 0 Å². The Morgan fingerprint density at radius 2 is 2.00 bits per heavy atom. The van der Waals surface area contributed by atoms with Crippen molar-refractivity contribution in [2.75, 3.05) is 4.72 Å². The highest BCUT2D eigenvalue weighted by Gasteiger charge is 2.20. The van der Waals surface area contributed by atoms with Crippen molar-refractivity contribution in [3.05, 3.63) is 45.2 Å². The number of halogens is 1. The van der Waals surface area contributed by atoms with E-state index in [1.807, 2.05) is 31.2 Å². The van der Waals surface area contributed by atoms with E-state index in [-0.39, 0.29) is 0 Å². The SMILES string of the molecule is CCC(C)c1ccccc1NS(=O)(=O)c1cc(C)c(Br)s1. The van der Waals surface area contributed by atoms with Crippen molar-refractivity contribution in [1.82, 2.24) is 0 Å². The number of nitrogens with one attached hydrogen (secondary N) is 1. The minimum Gasteiger partial charge on any atom is -0.279 e. The molecule has 1 aromatic heterocycles. The van der Waals surface area contributed by atoms with Gasteiger partial charge in [-0.1, -0.05) is 32.0 Å². The number of sulfonamides is 1. The van der Waals surface area contributed by atoms with Crippen molar-refractivity contribution in [3.63, 3.8) is 0 Å². The molecule has 0 aliphatic heterocycles. The lowest BCUT2D eigenvalue weighted by Gasteiger charge is -2.15. The van der Waals surface area contributed by atoms with Crippen molar-refractivity contribution in [3.8, 4) is 0 Å². The molecule has 0 fully saturated rings. The first-order valence-corrected chi connectivity index (χ1v) is 9.82. The van der Waals surface area contributed by atoms with Crippen LogP contribution in [0.25, 0.3) is 0 Å². The van der Waals surface area contributed by atoms with Gasteiger partial charge in [0.1, 0.15) is 4.21 Å². The van der Waals surface area contributed by atoms with Crippen molar-refractivity contribution < 1.29 is 8.42 Å². The molecule has 1 unspecified atom stereocenters. The molecule has 1 aromatic carbocycles. The quantitative estimate of drug-likeness (QED) is 0.772. The zero-order valence-electron chi connectivity index (χ0n) is 12.2. The molecular weight excluding hydrogens is 370 g/mol. The second-order valence-electron chi connectivity index (χ2n) is 5.02. The van der Waals surface area contributed by atoms with Crippen LogP contribution in [-0.2, 0) is 10.0 Å². The number of thiophene rings is 1. The summed E-state index contributed by atoms with van der Waals surface area (Å²) in [7, 11) is -3.54. The van der Waals surface area contributed by atoms with Crippen molar-refractivity contribution in [1.29, 1.82) is 0 Å². The summed E-state index contributed by atoms with van der Waals surface area (Å²) < 4.78 is 28.9. The molecule has 3 nitrogen and oxygen atoms in total. The van der Waals surface area contributed by atoms with Gasteiger partial charge in [-0.25, -0.2) is 8.42 Å². The van der Waals surface area contributed by atoms with Gasteiger partial charge in [0.15, 0.2) is 0 Å². The maximum atomic E-state index is 12.5. The number of aryl methyl sites for hydroxylation is 1. The topological polar surface area (TPSA) is 46.2 Å². The van der Waals surface area contributed by atoms with E-state index in [1.165, 1.54) is 11.3 Å². The summed E-state index contributed by atoms with van der Waals surface area (Å²) in [5.74, 6) is 0.306. The second-order valence-corrected chi connectivity index (χ2v) is 9.30. The van der Waals surface area contributed by atoms with E-state index in [4.69, 9.17) is 0 Å². The van der Waals surface area contributed by atoms with Crippen molar-refractivity contribution >= 4 is 43.0 Å². The summed E-state index contributed by atoms with van der Waals surface area (Å²) in [4.78, 5) is 0. The summed E-state index contributed by atoms with van der Waals surface area (Å²) in [6.07, 6.45) is 0.961. The van der Waals surface area contributed by atoms with Crippen LogP contribution in [0.1, 0.15) is 37.3 Å². The largest absolute Gasteiger partial charge is 0.279 e. The van der Waals surface area contributed by atoms with Gasteiger partial charge in [0, 0.05) is 0 Å². The highest BCUT2D eigenvalue weighted by atomic mass is 79.9. The Bertz CT molecular complexity index is 718. The molecular formula is C15H18BrNO2S2. The van der Waals surface area contributed by atoms with E-state index >= 15 is 0 Å². The number of rotatable bonds is 5. The molecule has 1 heterocycles. The lowest BCUT2D eigenvalue weighted by atomic mass is 9.97. The first-order chi connectivity index (χ1) is 9.85. The third kappa shape index (κ3) is 3.67. The smallest absolute Gasteiger partial charge is 0.271 e. The molecule has 0 aliphatic carbocycles. The van der Waals surface area contributed by atoms with Gasteiger partial charge in [0.05, 0.1) is 9.47 Å². The first kappa shape index (κ1) is 16.5. The summed E-state index contributed by atoms with van der Waals surface area (Å²) in [6, 6.07) is 9.25. The Kier molecular flexibility index (Phi) is 5.11. The Labute approximate surface area is 138 Å². The maximum Gasteiger partial charge on any atom is 0.271 e. The molecule has 1 N–H and O–H groups in total. The molecule has 21 heavy (non-hydrogen) atoms. The van der Waals surface area contributed by atoms with Gasteiger partial charge in [-0.05, 0) is 58.5 Å². The number of anilines is 1. The summed E-state index contributed by atoms with van der Waals surface area (Å²) in [5.41, 5.74) is 2.61. The third-order valence-electron chi connectivity index (χ3n) is 3.45. The van der Waals surface area contributed by atoms with Gasteiger partial charge in [-0.3, -0.25) is 4.72 Å². The average molecular weight is 388 g/mol. The van der Waals surface area contributed by atoms with Crippen LogP contribution in [0.2, 0.25) is 0 Å². The molecule has 114 valence electrons. The fraction of sp³-hybridized carbons (Fsp3) is 0.333. The van der Waals surface area contributed by atoms with Crippen molar-refractivity contribution in [2.45, 2.75) is 37.3 Å². The van der Waals surface area contributed by atoms with Crippen LogP contribution >= 0.6 is 27.3 Å². The van der Waals surface area contributed by atoms with E-state index in [1.54, 1.807) is 6.07 Å². The van der Waals surface area contributed by atoms with Crippen LogP contribution in [-0.4, -0.2) is 8.42 Å². The van der Waals surface area contributed by atoms with Crippen LogP contribution in [0, 0.1) is 6.92 Å². The van der Waals surface area contributed by atoms with Crippen LogP contribution in [0.3, 0.4) is 0 Å². The molecule has 1 atom stereocenters. The first-order valence-electron chi connectivity index (χ1n) is 6.72. The Morgan fingerprint density at radius 1 is 1.33 bits per heavy atom. The monoisotopic (exact) mass is 387 g/mol. The second kappa shape index (κ2) is 6.50. The molecule has 0 saturated carbocycles. The Hall–Kier alpha value is -0.850. The molecule has 0 saturated heterocycles. The lowest BCUT2D eigenvalue weighted by molar-refractivity contribution is 0.603. The van der Waals surface area contributed by atoms with Crippen LogP contribution in [0.4, 0.5) is 5.69 Å². The molecule has 6 heteroatoms. The standard InChI is InChI=1S/C15H18BrNO2S2/c1-4-10(2)12-7-5-6-8-13(12)17-21(18,19)14-9-11(3)15(16)20-14/h5-10,17H,4H2,1-3H3. The predicted molar refractivity (Wildman–Crippen MR) is 92.7 cm³/mol. The van der Waals surface area contributed by atoms with E-state index in [9.17, 15) is 8.42 Å². The van der Waals surface area contributed by atoms with Gasteiger partial charge < -0.3 is 0 Å².